The van der Waals surface area contributed by atoms with Crippen molar-refractivity contribution < 1.29 is 29.0 Å². The van der Waals surface area contributed by atoms with Crippen LogP contribution in [0.3, 0.4) is 0 Å². The highest BCUT2D eigenvalue weighted by atomic mass is 35.5. The normalized spacial score (nSPS) is 14.5. The molecule has 27 heavy (non-hydrogen) atoms. The number of aliphatic carboxylic acids is 1. The van der Waals surface area contributed by atoms with Crippen LogP contribution in [0.15, 0.2) is 17.7 Å². The third-order valence-electron chi connectivity index (χ3n) is 3.63. The second kappa shape index (κ2) is 8.36. The van der Waals surface area contributed by atoms with Gasteiger partial charge in [0.1, 0.15) is 5.57 Å². The van der Waals surface area contributed by atoms with Crippen LogP contribution in [0, 0.1) is 0 Å². The van der Waals surface area contributed by atoms with Crippen molar-refractivity contribution in [3.63, 3.8) is 0 Å². The number of nitrogens with zero attached hydrogens (tertiary/aromatic N) is 2. The Kier molecular flexibility index (Phi) is 6.40. The molecule has 1 heterocycles. The van der Waals surface area contributed by atoms with E-state index in [4.69, 9.17) is 38.4 Å². The van der Waals surface area contributed by atoms with Gasteiger partial charge in [0.25, 0.3) is 11.8 Å². The van der Waals surface area contributed by atoms with E-state index in [1.807, 2.05) is 0 Å². The summed E-state index contributed by atoms with van der Waals surface area (Å²) >= 11 is 11.2. The highest BCUT2D eigenvalue weighted by molar-refractivity contribution is 7.80. The van der Waals surface area contributed by atoms with Gasteiger partial charge in [-0.25, -0.2) is 4.79 Å². The van der Waals surface area contributed by atoms with Crippen molar-refractivity contribution in [2.45, 2.75) is 6.92 Å². The molecule has 0 bridgehead atoms. The molecule has 10 heteroatoms. The molecule has 0 atom stereocenters. The zero-order chi connectivity index (χ0) is 20.3. The Morgan fingerprint density at radius 1 is 1.22 bits per heavy atom. The van der Waals surface area contributed by atoms with Gasteiger partial charge in [0.2, 0.25) is 0 Å². The number of carboxylic acids is 1. The quantitative estimate of drug-likeness (QED) is 0.432. The SMILES string of the molecule is CCOc1cc(C=C2C(=O)N(C)C(=S)N(C)C2=O)cc(Cl)c1OCC(=O)O. The second-order valence-corrected chi connectivity index (χ2v) is 6.29. The van der Waals surface area contributed by atoms with Gasteiger partial charge >= 0.3 is 5.97 Å². The van der Waals surface area contributed by atoms with Crippen LogP contribution in [0.25, 0.3) is 6.08 Å². The minimum Gasteiger partial charge on any atom is -0.490 e. The lowest BCUT2D eigenvalue weighted by molar-refractivity contribution is -0.139. The smallest absolute Gasteiger partial charge is 0.341 e. The first kappa shape index (κ1) is 20.7. The van der Waals surface area contributed by atoms with E-state index in [1.165, 1.54) is 42.1 Å². The largest absolute Gasteiger partial charge is 0.490 e. The van der Waals surface area contributed by atoms with Gasteiger partial charge in [-0.3, -0.25) is 19.4 Å². The Morgan fingerprint density at radius 3 is 2.33 bits per heavy atom. The summed E-state index contributed by atoms with van der Waals surface area (Å²) in [7, 11) is 2.95. The van der Waals surface area contributed by atoms with Gasteiger partial charge in [-0.05, 0) is 42.9 Å². The lowest BCUT2D eigenvalue weighted by Crippen LogP contribution is -2.52. The average Bonchev–Trinajstić information content (AvgIpc) is 2.61. The number of ether oxygens (including phenoxy) is 2. The number of carbonyl (C=O) groups is 3. The van der Waals surface area contributed by atoms with Crippen molar-refractivity contribution in [3.05, 3.63) is 28.3 Å². The fraction of sp³-hybridized carbons (Fsp3) is 0.294. The summed E-state index contributed by atoms with van der Waals surface area (Å²) in [5, 5.41) is 8.96. The number of thiocarbonyl (C=S) groups is 1. The highest BCUT2D eigenvalue weighted by Crippen LogP contribution is 2.37. The summed E-state index contributed by atoms with van der Waals surface area (Å²) in [6.45, 7) is 1.42. The van der Waals surface area contributed by atoms with E-state index in [0.29, 0.717) is 5.56 Å². The molecule has 1 aromatic rings. The van der Waals surface area contributed by atoms with Gasteiger partial charge in [-0.1, -0.05) is 11.6 Å². The zero-order valence-corrected chi connectivity index (χ0v) is 16.4. The van der Waals surface area contributed by atoms with Crippen LogP contribution in [-0.2, 0) is 14.4 Å². The number of rotatable bonds is 6. The van der Waals surface area contributed by atoms with Crippen LogP contribution in [0.1, 0.15) is 12.5 Å². The van der Waals surface area contributed by atoms with Gasteiger partial charge in [-0.2, -0.15) is 0 Å². The Morgan fingerprint density at radius 2 is 1.81 bits per heavy atom. The Hall–Kier alpha value is -2.65. The maximum atomic E-state index is 12.4. The monoisotopic (exact) mass is 412 g/mol. The molecule has 1 aliphatic rings. The number of hydrogen-bond donors (Lipinski definition) is 1. The number of halogens is 1. The fourth-order valence-corrected chi connectivity index (χ4v) is 2.79. The summed E-state index contributed by atoms with van der Waals surface area (Å²) in [4.78, 5) is 37.9. The molecule has 144 valence electrons. The lowest BCUT2D eigenvalue weighted by atomic mass is 10.1. The molecule has 0 radical (unpaired) electrons. The number of carboxylic acid groups (broad SMARTS) is 1. The first-order chi connectivity index (χ1) is 12.7. The van der Waals surface area contributed by atoms with E-state index in [0.717, 1.165) is 0 Å². The molecular weight excluding hydrogens is 396 g/mol. The van der Waals surface area contributed by atoms with Crippen molar-refractivity contribution in [1.29, 1.82) is 0 Å². The molecule has 2 rings (SSSR count). The maximum Gasteiger partial charge on any atom is 0.341 e. The molecule has 0 aliphatic carbocycles. The van der Waals surface area contributed by atoms with E-state index < -0.39 is 24.4 Å². The van der Waals surface area contributed by atoms with E-state index in [2.05, 4.69) is 0 Å². The first-order valence-corrected chi connectivity index (χ1v) is 8.58. The van der Waals surface area contributed by atoms with Crippen LogP contribution in [0.2, 0.25) is 5.02 Å². The molecule has 8 nitrogen and oxygen atoms in total. The summed E-state index contributed by atoms with van der Waals surface area (Å²) < 4.78 is 10.6. The molecule has 0 spiro atoms. The van der Waals surface area contributed by atoms with Crippen LogP contribution >= 0.6 is 23.8 Å². The molecule has 1 fully saturated rings. The molecule has 1 N–H and O–H groups in total. The molecule has 0 aromatic heterocycles. The van der Waals surface area contributed by atoms with Gasteiger partial charge in [0.15, 0.2) is 23.2 Å². The Balaban J connectivity index is 2.47. The van der Waals surface area contributed by atoms with Crippen LogP contribution in [-0.4, -0.2) is 65.1 Å². The molecule has 0 unspecified atom stereocenters. The molecule has 2 amide bonds. The summed E-state index contributed by atoms with van der Waals surface area (Å²) in [5.41, 5.74) is 0.323. The number of amides is 2. The average molecular weight is 413 g/mol. The van der Waals surface area contributed by atoms with Crippen LogP contribution in [0.4, 0.5) is 0 Å². The number of hydrogen-bond acceptors (Lipinski definition) is 6. The minimum atomic E-state index is -1.17. The summed E-state index contributed by atoms with van der Waals surface area (Å²) in [5.74, 6) is -1.97. The Labute approximate surface area is 165 Å². The van der Waals surface area contributed by atoms with Crippen molar-refractivity contribution in [2.75, 3.05) is 27.3 Å². The second-order valence-electron chi connectivity index (χ2n) is 5.51. The van der Waals surface area contributed by atoms with E-state index in [1.54, 1.807) is 6.92 Å². The maximum absolute atomic E-state index is 12.4. The standard InChI is InChI=1S/C17H17ClN2O6S/c1-4-25-12-7-9(6-11(18)14(12)26-8-13(21)22)5-10-15(23)19(2)17(27)20(3)16(10)24/h5-7H,4,8H2,1-3H3,(H,21,22). The van der Waals surface area contributed by atoms with Crippen molar-refractivity contribution in [3.8, 4) is 11.5 Å². The summed E-state index contributed by atoms with van der Waals surface area (Å²) in [6, 6.07) is 2.95. The van der Waals surface area contributed by atoms with Crippen LogP contribution in [0.5, 0.6) is 11.5 Å². The molecule has 0 saturated carbocycles. The number of carbonyl (C=O) groups excluding carboxylic acids is 2. The molecule has 1 aliphatic heterocycles. The van der Waals surface area contributed by atoms with E-state index >= 15 is 0 Å². The number of benzene rings is 1. The van der Waals surface area contributed by atoms with Crippen molar-refractivity contribution >= 4 is 52.8 Å². The molecule has 1 aromatic carbocycles. The van der Waals surface area contributed by atoms with E-state index in [9.17, 15) is 14.4 Å². The predicted octanol–water partition coefficient (Wildman–Crippen LogP) is 1.80. The lowest BCUT2D eigenvalue weighted by Gasteiger charge is -2.31. The minimum absolute atomic E-state index is 0.0692. The summed E-state index contributed by atoms with van der Waals surface area (Å²) in [6.07, 6.45) is 1.37. The van der Waals surface area contributed by atoms with Gasteiger partial charge in [-0.15, -0.1) is 0 Å². The van der Waals surface area contributed by atoms with Gasteiger partial charge < -0.3 is 14.6 Å². The number of likely N-dealkylation sites (N-methyl/N-ethyl adjacent to an activating group) is 2. The third kappa shape index (κ3) is 4.37. The predicted molar refractivity (Wildman–Crippen MR) is 102 cm³/mol. The highest BCUT2D eigenvalue weighted by Gasteiger charge is 2.35. The zero-order valence-electron chi connectivity index (χ0n) is 14.8. The molecule has 1 saturated heterocycles. The van der Waals surface area contributed by atoms with E-state index in [-0.39, 0.29) is 33.8 Å². The van der Waals surface area contributed by atoms with Gasteiger partial charge in [0.05, 0.1) is 11.6 Å². The van der Waals surface area contributed by atoms with Gasteiger partial charge in [0, 0.05) is 14.1 Å². The topological polar surface area (TPSA) is 96.4 Å². The van der Waals surface area contributed by atoms with Crippen molar-refractivity contribution in [2.24, 2.45) is 0 Å². The molecular formula is C17H17ClN2O6S. The first-order valence-electron chi connectivity index (χ1n) is 7.80. The Bertz CT molecular complexity index is 828. The fourth-order valence-electron chi connectivity index (χ4n) is 2.35. The van der Waals surface area contributed by atoms with Crippen molar-refractivity contribution in [1.82, 2.24) is 9.80 Å². The van der Waals surface area contributed by atoms with Crippen LogP contribution < -0.4 is 9.47 Å². The third-order valence-corrected chi connectivity index (χ3v) is 4.46.